The molecule has 0 saturated heterocycles. The van der Waals surface area contributed by atoms with Crippen molar-refractivity contribution in [3.8, 4) is 11.1 Å². The minimum atomic E-state index is -3.54. The molecule has 0 heterocycles. The largest absolute Gasteiger partial charge is 0.392 e. The Hall–Kier alpha value is -1.73. The van der Waals surface area contributed by atoms with Crippen LogP contribution < -0.4 is 4.72 Å². The van der Waals surface area contributed by atoms with E-state index in [2.05, 4.69) is 4.72 Å². The van der Waals surface area contributed by atoms with Crippen LogP contribution in [0.5, 0.6) is 0 Å². The summed E-state index contributed by atoms with van der Waals surface area (Å²) in [6, 6.07) is 14.2. The molecule has 2 N–H and O–H groups in total. The van der Waals surface area contributed by atoms with Gasteiger partial charge in [-0.15, -0.1) is 0 Å². The molecule has 2 aromatic rings. The fourth-order valence-electron chi connectivity index (χ4n) is 2.46. The molecule has 0 bridgehead atoms. The van der Waals surface area contributed by atoms with Crippen LogP contribution in [0.4, 0.5) is 0 Å². The van der Waals surface area contributed by atoms with Gasteiger partial charge in [0.25, 0.3) is 0 Å². The first-order valence-electron chi connectivity index (χ1n) is 7.87. The highest BCUT2D eigenvalue weighted by Crippen LogP contribution is 2.26. The zero-order chi connectivity index (χ0) is 17.6. The molecule has 5 nitrogen and oxygen atoms in total. The van der Waals surface area contributed by atoms with E-state index in [1.165, 1.54) is 0 Å². The Morgan fingerprint density at radius 2 is 1.83 bits per heavy atom. The number of rotatable bonds is 8. The second kappa shape index (κ2) is 8.39. The maximum atomic E-state index is 12.4. The number of hydrogen-bond donors (Lipinski definition) is 2. The lowest BCUT2D eigenvalue weighted by atomic mass is 10.0. The predicted molar refractivity (Wildman–Crippen MR) is 96.2 cm³/mol. The zero-order valence-corrected chi connectivity index (χ0v) is 14.9. The van der Waals surface area contributed by atoms with Gasteiger partial charge < -0.3 is 10.0 Å². The van der Waals surface area contributed by atoms with Crippen molar-refractivity contribution in [2.24, 2.45) is 0 Å². The number of nitrogens with one attached hydrogen (secondary N) is 1. The molecule has 0 radical (unpaired) electrons. The highest BCUT2D eigenvalue weighted by Gasteiger charge is 2.15. The van der Waals surface area contributed by atoms with Crippen molar-refractivity contribution in [3.63, 3.8) is 0 Å². The van der Waals surface area contributed by atoms with Gasteiger partial charge in [-0.3, -0.25) is 0 Å². The molecular formula is C18H24N2O3S. The smallest absolute Gasteiger partial charge is 0.240 e. The monoisotopic (exact) mass is 348 g/mol. The number of hydrogen-bond acceptors (Lipinski definition) is 4. The molecule has 2 aromatic carbocycles. The van der Waals surface area contributed by atoms with E-state index < -0.39 is 10.0 Å². The summed E-state index contributed by atoms with van der Waals surface area (Å²) < 4.78 is 27.5. The first-order valence-corrected chi connectivity index (χ1v) is 9.36. The van der Waals surface area contributed by atoms with Crippen LogP contribution in [0.2, 0.25) is 0 Å². The van der Waals surface area contributed by atoms with E-state index in [0.717, 1.165) is 29.7 Å². The third-order valence-corrected chi connectivity index (χ3v) is 5.18. The van der Waals surface area contributed by atoms with Gasteiger partial charge >= 0.3 is 0 Å². The van der Waals surface area contributed by atoms with Crippen LogP contribution in [0.25, 0.3) is 11.1 Å². The second-order valence-corrected chi connectivity index (χ2v) is 7.66. The minimum absolute atomic E-state index is 0.0874. The molecule has 6 heteroatoms. The molecular weight excluding hydrogens is 324 g/mol. The Morgan fingerprint density at radius 3 is 2.54 bits per heavy atom. The summed E-state index contributed by atoms with van der Waals surface area (Å²) in [6.45, 7) is 1.14. The van der Waals surface area contributed by atoms with E-state index in [9.17, 15) is 13.5 Å². The molecule has 24 heavy (non-hydrogen) atoms. The number of benzene rings is 2. The molecule has 0 saturated carbocycles. The lowest BCUT2D eigenvalue weighted by Crippen LogP contribution is -2.27. The molecule has 2 rings (SSSR count). The van der Waals surface area contributed by atoms with Gasteiger partial charge in [0.1, 0.15) is 0 Å². The summed E-state index contributed by atoms with van der Waals surface area (Å²) in [5, 5.41) is 9.46. The Morgan fingerprint density at radius 1 is 1.08 bits per heavy atom. The third kappa shape index (κ3) is 4.88. The summed E-state index contributed by atoms with van der Waals surface area (Å²) in [5.41, 5.74) is 2.38. The van der Waals surface area contributed by atoms with Gasteiger partial charge in [0.2, 0.25) is 10.0 Å². The van der Waals surface area contributed by atoms with Gasteiger partial charge in [0, 0.05) is 6.54 Å². The molecule has 0 unspecified atom stereocenters. The first kappa shape index (κ1) is 18.6. The molecule has 0 aliphatic rings. The van der Waals surface area contributed by atoms with Gasteiger partial charge in [-0.2, -0.15) is 0 Å². The van der Waals surface area contributed by atoms with Crippen LogP contribution in [0.15, 0.2) is 53.4 Å². The molecule has 0 spiro atoms. The number of aliphatic hydroxyl groups excluding tert-OH is 1. The van der Waals surface area contributed by atoms with Crippen molar-refractivity contribution in [1.82, 2.24) is 9.62 Å². The lowest BCUT2D eigenvalue weighted by molar-refractivity contribution is 0.282. The van der Waals surface area contributed by atoms with Crippen LogP contribution in [0, 0.1) is 0 Å². The van der Waals surface area contributed by atoms with Gasteiger partial charge in [0.05, 0.1) is 11.5 Å². The van der Waals surface area contributed by atoms with E-state index in [1.807, 2.05) is 49.3 Å². The summed E-state index contributed by atoms with van der Waals surface area (Å²) in [6.07, 6.45) is 0.749. The number of nitrogens with zero attached hydrogens (tertiary/aromatic N) is 1. The standard InChI is InChI=1S/C18H24N2O3S/c1-20(2)12-6-11-19-24(22,23)17-9-5-8-15(13-17)18-10-4-3-7-16(18)14-21/h3-5,7-10,13,19,21H,6,11-12,14H2,1-2H3. The van der Waals surface area contributed by atoms with Crippen LogP contribution >= 0.6 is 0 Å². The fraction of sp³-hybridized carbons (Fsp3) is 0.333. The minimum Gasteiger partial charge on any atom is -0.392 e. The van der Waals surface area contributed by atoms with Crippen molar-refractivity contribution >= 4 is 10.0 Å². The third-order valence-electron chi connectivity index (χ3n) is 3.72. The van der Waals surface area contributed by atoms with Crippen LogP contribution in [-0.4, -0.2) is 45.6 Å². The highest BCUT2D eigenvalue weighted by atomic mass is 32.2. The molecule has 0 aliphatic carbocycles. The number of sulfonamides is 1. The van der Waals surface area contributed by atoms with Gasteiger partial charge in [0.15, 0.2) is 0 Å². The molecule has 0 aliphatic heterocycles. The van der Waals surface area contributed by atoms with Crippen LogP contribution in [-0.2, 0) is 16.6 Å². The summed E-state index contributed by atoms with van der Waals surface area (Å²) >= 11 is 0. The lowest BCUT2D eigenvalue weighted by Gasteiger charge is -2.12. The van der Waals surface area contributed by atoms with Gasteiger partial charge in [-0.25, -0.2) is 13.1 Å². The number of aliphatic hydroxyl groups is 1. The van der Waals surface area contributed by atoms with Crippen LogP contribution in [0.3, 0.4) is 0 Å². The summed E-state index contributed by atoms with van der Waals surface area (Å²) in [5.74, 6) is 0. The average molecular weight is 348 g/mol. The predicted octanol–water partition coefficient (Wildman–Crippen LogP) is 2.08. The first-order chi connectivity index (χ1) is 11.4. The molecule has 0 aromatic heterocycles. The quantitative estimate of drug-likeness (QED) is 0.717. The normalized spacial score (nSPS) is 11.8. The van der Waals surface area contributed by atoms with Gasteiger partial charge in [-0.1, -0.05) is 36.4 Å². The van der Waals surface area contributed by atoms with Gasteiger partial charge in [-0.05, 0) is 55.9 Å². The Labute approximate surface area is 144 Å². The average Bonchev–Trinajstić information content (AvgIpc) is 2.58. The van der Waals surface area contributed by atoms with E-state index in [1.54, 1.807) is 18.2 Å². The molecule has 0 amide bonds. The van der Waals surface area contributed by atoms with Crippen molar-refractivity contribution < 1.29 is 13.5 Å². The van der Waals surface area contributed by atoms with Crippen molar-refractivity contribution in [2.75, 3.05) is 27.2 Å². The Bertz CT molecular complexity index is 773. The van der Waals surface area contributed by atoms with E-state index in [-0.39, 0.29) is 11.5 Å². The van der Waals surface area contributed by atoms with Crippen LogP contribution in [0.1, 0.15) is 12.0 Å². The Balaban J connectivity index is 2.20. The SMILES string of the molecule is CN(C)CCCNS(=O)(=O)c1cccc(-c2ccccc2CO)c1. The van der Waals surface area contributed by atoms with Crippen molar-refractivity contribution in [3.05, 3.63) is 54.1 Å². The molecule has 0 atom stereocenters. The zero-order valence-electron chi connectivity index (χ0n) is 14.1. The van der Waals surface area contributed by atoms with Crippen molar-refractivity contribution in [2.45, 2.75) is 17.9 Å². The fourth-order valence-corrected chi connectivity index (χ4v) is 3.58. The maximum absolute atomic E-state index is 12.4. The molecule has 130 valence electrons. The Kier molecular flexibility index (Phi) is 6.51. The highest BCUT2D eigenvalue weighted by molar-refractivity contribution is 7.89. The van der Waals surface area contributed by atoms with E-state index >= 15 is 0 Å². The topological polar surface area (TPSA) is 69.6 Å². The van der Waals surface area contributed by atoms with E-state index in [0.29, 0.717) is 6.54 Å². The van der Waals surface area contributed by atoms with E-state index in [4.69, 9.17) is 0 Å². The summed E-state index contributed by atoms with van der Waals surface area (Å²) in [7, 11) is 0.371. The second-order valence-electron chi connectivity index (χ2n) is 5.90. The maximum Gasteiger partial charge on any atom is 0.240 e. The summed E-state index contributed by atoms with van der Waals surface area (Å²) in [4.78, 5) is 2.25. The van der Waals surface area contributed by atoms with Crippen molar-refractivity contribution in [1.29, 1.82) is 0 Å². The molecule has 0 fully saturated rings.